The third-order valence-corrected chi connectivity index (χ3v) is 3.66. The quantitative estimate of drug-likeness (QED) is 0.642. The zero-order valence-corrected chi connectivity index (χ0v) is 10.1. The van der Waals surface area contributed by atoms with Gasteiger partial charge < -0.3 is 5.11 Å². The van der Waals surface area contributed by atoms with Crippen LogP contribution in [-0.2, 0) is 11.2 Å². The number of hydrogen-bond acceptors (Lipinski definition) is 3. The number of benzene rings is 1. The molecule has 0 aromatic heterocycles. The molecular weight excluding hydrogens is 234 g/mol. The number of nitrogens with zero attached hydrogens (tertiary/aromatic N) is 1. The van der Waals surface area contributed by atoms with Crippen molar-refractivity contribution in [2.75, 3.05) is 0 Å². The predicted molar refractivity (Wildman–Crippen MR) is 65.3 cm³/mol. The molecule has 0 radical (unpaired) electrons. The first-order valence-corrected chi connectivity index (χ1v) is 5.90. The maximum Gasteiger partial charge on any atom is 0.309 e. The monoisotopic (exact) mass is 249 g/mol. The van der Waals surface area contributed by atoms with Crippen LogP contribution in [0.4, 0.5) is 5.69 Å². The van der Waals surface area contributed by atoms with Gasteiger partial charge in [0.2, 0.25) is 0 Å². The molecule has 0 spiro atoms. The number of non-ortho nitro benzene ring substituents is 1. The van der Waals surface area contributed by atoms with Crippen LogP contribution in [0.2, 0.25) is 0 Å². The summed E-state index contributed by atoms with van der Waals surface area (Å²) in [6.07, 6.45) is 2.20. The van der Waals surface area contributed by atoms with Gasteiger partial charge in [0.25, 0.3) is 5.69 Å². The van der Waals surface area contributed by atoms with E-state index in [0.717, 1.165) is 12.8 Å². The van der Waals surface area contributed by atoms with Crippen molar-refractivity contribution >= 4 is 11.7 Å². The Morgan fingerprint density at radius 2 is 2.22 bits per heavy atom. The van der Waals surface area contributed by atoms with E-state index >= 15 is 0 Å². The lowest BCUT2D eigenvalue weighted by Crippen LogP contribution is -2.32. The molecule has 1 atom stereocenters. The van der Waals surface area contributed by atoms with Gasteiger partial charge in [-0.05, 0) is 37.7 Å². The van der Waals surface area contributed by atoms with Crippen molar-refractivity contribution in [3.05, 3.63) is 39.9 Å². The number of carbonyl (C=O) groups is 1. The van der Waals surface area contributed by atoms with Crippen molar-refractivity contribution in [2.45, 2.75) is 26.2 Å². The topological polar surface area (TPSA) is 80.4 Å². The standard InChI is InChI=1S/C13H15NO4/c1-13(12(15)16,10-5-6-10)8-9-3-2-4-11(7-9)14(17)18/h2-4,7,10H,5-6,8H2,1H3,(H,15,16). The molecule has 1 aliphatic carbocycles. The van der Waals surface area contributed by atoms with Gasteiger partial charge >= 0.3 is 5.97 Å². The Morgan fingerprint density at radius 1 is 1.56 bits per heavy atom. The molecule has 1 fully saturated rings. The smallest absolute Gasteiger partial charge is 0.309 e. The SMILES string of the molecule is CC(Cc1cccc([N+](=O)[O-])c1)(C(=O)O)C1CC1. The van der Waals surface area contributed by atoms with Gasteiger partial charge in [0.15, 0.2) is 0 Å². The van der Waals surface area contributed by atoms with E-state index in [9.17, 15) is 20.0 Å². The largest absolute Gasteiger partial charge is 0.481 e. The summed E-state index contributed by atoms with van der Waals surface area (Å²) in [6, 6.07) is 6.22. The Bertz CT molecular complexity index is 496. The molecule has 0 saturated heterocycles. The average Bonchev–Trinajstić information content (AvgIpc) is 3.13. The van der Waals surface area contributed by atoms with Gasteiger partial charge in [-0.15, -0.1) is 0 Å². The maximum atomic E-state index is 11.4. The van der Waals surface area contributed by atoms with Gasteiger partial charge in [-0.2, -0.15) is 0 Å². The molecule has 1 saturated carbocycles. The first-order chi connectivity index (χ1) is 8.43. The second-order valence-corrected chi connectivity index (χ2v) is 5.10. The number of aliphatic carboxylic acids is 1. The van der Waals surface area contributed by atoms with Crippen LogP contribution in [0.5, 0.6) is 0 Å². The summed E-state index contributed by atoms with van der Waals surface area (Å²) in [5, 5.41) is 20.0. The van der Waals surface area contributed by atoms with E-state index in [-0.39, 0.29) is 11.6 Å². The van der Waals surface area contributed by atoms with Gasteiger partial charge in [0, 0.05) is 12.1 Å². The lowest BCUT2D eigenvalue weighted by Gasteiger charge is -2.24. The van der Waals surface area contributed by atoms with E-state index in [1.165, 1.54) is 12.1 Å². The van der Waals surface area contributed by atoms with Crippen molar-refractivity contribution < 1.29 is 14.8 Å². The van der Waals surface area contributed by atoms with E-state index in [1.54, 1.807) is 19.1 Å². The number of nitro groups is 1. The molecule has 1 aromatic carbocycles. The molecule has 5 nitrogen and oxygen atoms in total. The molecule has 1 unspecified atom stereocenters. The van der Waals surface area contributed by atoms with E-state index in [1.807, 2.05) is 0 Å². The molecule has 5 heteroatoms. The van der Waals surface area contributed by atoms with E-state index in [2.05, 4.69) is 0 Å². The van der Waals surface area contributed by atoms with Crippen LogP contribution in [-0.4, -0.2) is 16.0 Å². The first kappa shape index (κ1) is 12.5. The number of carboxylic acids is 1. The maximum absolute atomic E-state index is 11.4. The summed E-state index contributed by atoms with van der Waals surface area (Å²) in [5.74, 6) is -0.634. The lowest BCUT2D eigenvalue weighted by atomic mass is 9.79. The van der Waals surface area contributed by atoms with Crippen molar-refractivity contribution in [1.82, 2.24) is 0 Å². The zero-order chi connectivity index (χ0) is 13.3. The number of rotatable bonds is 5. The summed E-state index contributed by atoms with van der Waals surface area (Å²) in [4.78, 5) is 21.6. The first-order valence-electron chi connectivity index (χ1n) is 5.90. The molecule has 18 heavy (non-hydrogen) atoms. The van der Waals surface area contributed by atoms with Crippen LogP contribution in [0.15, 0.2) is 24.3 Å². The van der Waals surface area contributed by atoms with E-state index in [4.69, 9.17) is 0 Å². The second kappa shape index (κ2) is 4.40. The van der Waals surface area contributed by atoms with Gasteiger partial charge in [0.1, 0.15) is 0 Å². The number of hydrogen-bond donors (Lipinski definition) is 1. The zero-order valence-electron chi connectivity index (χ0n) is 10.1. The minimum Gasteiger partial charge on any atom is -0.481 e. The summed E-state index contributed by atoms with van der Waals surface area (Å²) < 4.78 is 0. The normalized spacial score (nSPS) is 18.1. The van der Waals surface area contributed by atoms with Crippen molar-refractivity contribution in [1.29, 1.82) is 0 Å². The highest BCUT2D eigenvalue weighted by Crippen LogP contribution is 2.47. The van der Waals surface area contributed by atoms with Crippen molar-refractivity contribution in [3.8, 4) is 0 Å². The number of carboxylic acid groups (broad SMARTS) is 1. The highest BCUT2D eigenvalue weighted by molar-refractivity contribution is 5.75. The fourth-order valence-electron chi connectivity index (χ4n) is 2.32. The predicted octanol–water partition coefficient (Wildman–Crippen LogP) is 2.64. The van der Waals surface area contributed by atoms with Crippen molar-refractivity contribution in [3.63, 3.8) is 0 Å². The van der Waals surface area contributed by atoms with Crippen LogP contribution >= 0.6 is 0 Å². The molecule has 96 valence electrons. The minimum absolute atomic E-state index is 0.0102. The fourth-order valence-corrected chi connectivity index (χ4v) is 2.32. The molecule has 1 aromatic rings. The Labute approximate surface area is 105 Å². The second-order valence-electron chi connectivity index (χ2n) is 5.10. The Kier molecular flexibility index (Phi) is 3.07. The van der Waals surface area contributed by atoms with Gasteiger partial charge in [-0.3, -0.25) is 14.9 Å². The Hall–Kier alpha value is -1.91. The van der Waals surface area contributed by atoms with Crippen LogP contribution in [0.25, 0.3) is 0 Å². The van der Waals surface area contributed by atoms with Crippen LogP contribution < -0.4 is 0 Å². The van der Waals surface area contributed by atoms with Crippen LogP contribution in [0.3, 0.4) is 0 Å². The third-order valence-electron chi connectivity index (χ3n) is 3.66. The Morgan fingerprint density at radius 3 is 2.72 bits per heavy atom. The molecule has 0 heterocycles. The third kappa shape index (κ3) is 2.34. The molecule has 0 aliphatic heterocycles. The average molecular weight is 249 g/mol. The highest BCUT2D eigenvalue weighted by atomic mass is 16.6. The molecular formula is C13H15NO4. The van der Waals surface area contributed by atoms with E-state index in [0.29, 0.717) is 12.0 Å². The van der Waals surface area contributed by atoms with Gasteiger partial charge in [-0.25, -0.2) is 0 Å². The minimum atomic E-state index is -0.823. The fraction of sp³-hybridized carbons (Fsp3) is 0.462. The molecule has 1 aliphatic rings. The molecule has 0 bridgehead atoms. The highest BCUT2D eigenvalue weighted by Gasteiger charge is 2.47. The lowest BCUT2D eigenvalue weighted by molar-refractivity contribution is -0.384. The van der Waals surface area contributed by atoms with Gasteiger partial charge in [0.05, 0.1) is 10.3 Å². The van der Waals surface area contributed by atoms with Gasteiger partial charge in [-0.1, -0.05) is 12.1 Å². The summed E-state index contributed by atoms with van der Waals surface area (Å²) in [5.41, 5.74) is -0.0908. The van der Waals surface area contributed by atoms with E-state index < -0.39 is 16.3 Å². The Balaban J connectivity index is 2.24. The summed E-state index contributed by atoms with van der Waals surface area (Å²) >= 11 is 0. The molecule has 2 rings (SSSR count). The number of nitro benzene ring substituents is 1. The molecule has 0 amide bonds. The van der Waals surface area contributed by atoms with Crippen LogP contribution in [0.1, 0.15) is 25.3 Å². The van der Waals surface area contributed by atoms with Crippen LogP contribution in [0, 0.1) is 21.4 Å². The van der Waals surface area contributed by atoms with Crippen molar-refractivity contribution in [2.24, 2.45) is 11.3 Å². The molecule has 1 N–H and O–H groups in total. The summed E-state index contributed by atoms with van der Waals surface area (Å²) in [7, 11) is 0. The summed E-state index contributed by atoms with van der Waals surface area (Å²) in [6.45, 7) is 1.73.